The fraction of sp³-hybridized carbons (Fsp3) is 0.316. The van der Waals surface area contributed by atoms with Gasteiger partial charge in [0.05, 0.1) is 17.2 Å². The third-order valence-corrected chi connectivity index (χ3v) is 5.08. The third kappa shape index (κ3) is 4.48. The molecule has 134 valence electrons. The van der Waals surface area contributed by atoms with E-state index in [2.05, 4.69) is 10.2 Å². The number of nitrogens with one attached hydrogen (secondary N) is 1. The largest absolute Gasteiger partial charge is 0.351 e. The van der Waals surface area contributed by atoms with Crippen molar-refractivity contribution < 1.29 is 9.59 Å². The normalized spacial score (nSPS) is 14.7. The molecule has 2 heterocycles. The minimum Gasteiger partial charge on any atom is -0.351 e. The molecule has 2 amide bonds. The molecular formula is C19H20N4O2S. The molecule has 0 bridgehead atoms. The highest BCUT2D eigenvalue weighted by Crippen LogP contribution is 2.11. The predicted molar refractivity (Wildman–Crippen MR) is 100 cm³/mol. The van der Waals surface area contributed by atoms with Gasteiger partial charge in [0.25, 0.3) is 11.8 Å². The van der Waals surface area contributed by atoms with E-state index in [1.54, 1.807) is 24.3 Å². The number of nitriles is 1. The lowest BCUT2D eigenvalue weighted by molar-refractivity contribution is 0.0638. The van der Waals surface area contributed by atoms with Crippen LogP contribution < -0.4 is 5.32 Å². The van der Waals surface area contributed by atoms with Crippen LogP contribution in [0.1, 0.15) is 26.3 Å². The number of rotatable bonds is 5. The predicted octanol–water partition coefficient (Wildman–Crippen LogP) is 1.81. The summed E-state index contributed by atoms with van der Waals surface area (Å²) in [6.07, 6.45) is 0. The second kappa shape index (κ2) is 8.61. The average Bonchev–Trinajstić information content (AvgIpc) is 3.23. The van der Waals surface area contributed by atoms with E-state index >= 15 is 0 Å². The van der Waals surface area contributed by atoms with Gasteiger partial charge in [0.2, 0.25) is 0 Å². The van der Waals surface area contributed by atoms with Crippen molar-refractivity contribution in [2.75, 3.05) is 39.3 Å². The van der Waals surface area contributed by atoms with Crippen molar-refractivity contribution in [3.63, 3.8) is 0 Å². The van der Waals surface area contributed by atoms with E-state index in [9.17, 15) is 9.59 Å². The zero-order chi connectivity index (χ0) is 18.4. The molecule has 2 aromatic rings. The summed E-state index contributed by atoms with van der Waals surface area (Å²) in [6, 6.07) is 10.6. The Kier molecular flexibility index (Phi) is 6.00. The van der Waals surface area contributed by atoms with Crippen molar-refractivity contribution in [2.24, 2.45) is 0 Å². The Morgan fingerprint density at radius 1 is 1.15 bits per heavy atom. The van der Waals surface area contributed by atoms with Crippen LogP contribution in [0.2, 0.25) is 0 Å². The maximum Gasteiger partial charge on any atom is 0.254 e. The quantitative estimate of drug-likeness (QED) is 0.873. The van der Waals surface area contributed by atoms with E-state index in [4.69, 9.17) is 5.26 Å². The van der Waals surface area contributed by atoms with Crippen LogP contribution in [-0.2, 0) is 0 Å². The zero-order valence-electron chi connectivity index (χ0n) is 14.4. The number of hydrogen-bond donors (Lipinski definition) is 1. The summed E-state index contributed by atoms with van der Waals surface area (Å²) in [5.74, 6) is -0.0788. The van der Waals surface area contributed by atoms with Crippen molar-refractivity contribution >= 4 is 23.2 Å². The van der Waals surface area contributed by atoms with Crippen LogP contribution in [0.3, 0.4) is 0 Å². The second-order valence-electron chi connectivity index (χ2n) is 6.09. The highest BCUT2D eigenvalue weighted by molar-refractivity contribution is 7.08. The Morgan fingerprint density at radius 2 is 1.96 bits per heavy atom. The Bertz CT molecular complexity index is 805. The fourth-order valence-corrected chi connectivity index (χ4v) is 3.53. The van der Waals surface area contributed by atoms with Gasteiger partial charge in [-0.2, -0.15) is 16.6 Å². The number of carbonyl (C=O) groups is 2. The number of carbonyl (C=O) groups excluding carboxylic acids is 2. The van der Waals surface area contributed by atoms with Gasteiger partial charge < -0.3 is 10.2 Å². The van der Waals surface area contributed by atoms with Gasteiger partial charge in [-0.1, -0.05) is 6.07 Å². The van der Waals surface area contributed by atoms with Crippen LogP contribution in [0, 0.1) is 11.3 Å². The Balaban J connectivity index is 1.40. The van der Waals surface area contributed by atoms with Crippen molar-refractivity contribution in [1.82, 2.24) is 15.1 Å². The monoisotopic (exact) mass is 368 g/mol. The summed E-state index contributed by atoms with van der Waals surface area (Å²) >= 11 is 1.53. The lowest BCUT2D eigenvalue weighted by Crippen LogP contribution is -2.50. The van der Waals surface area contributed by atoms with Crippen molar-refractivity contribution in [3.05, 3.63) is 57.8 Å². The first kappa shape index (κ1) is 18.1. The van der Waals surface area contributed by atoms with E-state index in [0.29, 0.717) is 30.8 Å². The van der Waals surface area contributed by atoms with Gasteiger partial charge in [-0.3, -0.25) is 14.5 Å². The van der Waals surface area contributed by atoms with Crippen LogP contribution in [0.5, 0.6) is 0 Å². The Hall–Kier alpha value is -2.69. The van der Waals surface area contributed by atoms with Crippen molar-refractivity contribution in [3.8, 4) is 6.07 Å². The summed E-state index contributed by atoms with van der Waals surface area (Å²) < 4.78 is 0. The van der Waals surface area contributed by atoms with Crippen molar-refractivity contribution in [1.29, 1.82) is 5.26 Å². The third-order valence-electron chi connectivity index (χ3n) is 4.40. The molecule has 0 atom stereocenters. The maximum atomic E-state index is 12.3. The average molecular weight is 368 g/mol. The molecule has 0 spiro atoms. The molecule has 1 fully saturated rings. The van der Waals surface area contributed by atoms with E-state index in [-0.39, 0.29) is 11.8 Å². The molecule has 1 N–H and O–H groups in total. The molecule has 1 aromatic carbocycles. The first-order valence-electron chi connectivity index (χ1n) is 8.49. The SMILES string of the molecule is N#Cc1cccc(C(=O)NCCN2CCN(C(=O)c3ccsc3)CC2)c1. The summed E-state index contributed by atoms with van der Waals surface area (Å²) in [5, 5.41) is 15.6. The van der Waals surface area contributed by atoms with E-state index in [1.165, 1.54) is 11.3 Å². The molecule has 0 saturated carbocycles. The Labute approximate surface area is 156 Å². The van der Waals surface area contributed by atoms with Crippen LogP contribution in [0.4, 0.5) is 0 Å². The van der Waals surface area contributed by atoms with Gasteiger partial charge in [0.1, 0.15) is 0 Å². The van der Waals surface area contributed by atoms with Crippen LogP contribution in [0.15, 0.2) is 41.1 Å². The smallest absolute Gasteiger partial charge is 0.254 e. The molecule has 1 saturated heterocycles. The van der Waals surface area contributed by atoms with Gasteiger partial charge in [0.15, 0.2) is 0 Å². The molecule has 1 aliphatic rings. The van der Waals surface area contributed by atoms with Gasteiger partial charge in [0, 0.05) is 50.2 Å². The number of nitrogens with zero attached hydrogens (tertiary/aromatic N) is 3. The Morgan fingerprint density at radius 3 is 2.65 bits per heavy atom. The van der Waals surface area contributed by atoms with Gasteiger partial charge >= 0.3 is 0 Å². The van der Waals surface area contributed by atoms with E-state index in [0.717, 1.165) is 25.2 Å². The number of hydrogen-bond acceptors (Lipinski definition) is 5. The second-order valence-corrected chi connectivity index (χ2v) is 6.87. The minimum atomic E-state index is -0.173. The van der Waals surface area contributed by atoms with Crippen molar-refractivity contribution in [2.45, 2.75) is 0 Å². The lowest BCUT2D eigenvalue weighted by Gasteiger charge is -2.34. The van der Waals surface area contributed by atoms with E-state index in [1.807, 2.05) is 27.8 Å². The molecule has 7 heteroatoms. The highest BCUT2D eigenvalue weighted by Gasteiger charge is 2.22. The molecule has 1 aromatic heterocycles. The zero-order valence-corrected chi connectivity index (χ0v) is 15.2. The van der Waals surface area contributed by atoms with Gasteiger partial charge in [-0.05, 0) is 29.6 Å². The van der Waals surface area contributed by atoms with E-state index < -0.39 is 0 Å². The minimum absolute atomic E-state index is 0.0941. The van der Waals surface area contributed by atoms with Gasteiger partial charge in [-0.25, -0.2) is 0 Å². The number of amides is 2. The number of thiophene rings is 1. The standard InChI is InChI=1S/C19H20N4O2S/c20-13-15-2-1-3-16(12-15)18(24)21-5-6-22-7-9-23(10-8-22)19(25)17-4-11-26-14-17/h1-4,11-12,14H,5-10H2,(H,21,24). The number of piperazine rings is 1. The highest BCUT2D eigenvalue weighted by atomic mass is 32.1. The summed E-state index contributed by atoms with van der Waals surface area (Å²) in [6.45, 7) is 4.28. The topological polar surface area (TPSA) is 76.4 Å². The molecule has 0 aliphatic carbocycles. The molecule has 0 unspecified atom stereocenters. The first-order valence-corrected chi connectivity index (χ1v) is 9.44. The summed E-state index contributed by atoms with van der Waals surface area (Å²) in [4.78, 5) is 28.6. The molecular weight excluding hydrogens is 348 g/mol. The maximum absolute atomic E-state index is 12.3. The lowest BCUT2D eigenvalue weighted by atomic mass is 10.1. The summed E-state index contributed by atoms with van der Waals surface area (Å²) in [5.41, 5.74) is 1.73. The van der Waals surface area contributed by atoms with Gasteiger partial charge in [-0.15, -0.1) is 0 Å². The molecule has 6 nitrogen and oxygen atoms in total. The van der Waals surface area contributed by atoms with Crippen LogP contribution in [-0.4, -0.2) is 60.9 Å². The van der Waals surface area contributed by atoms with Crippen LogP contribution in [0.25, 0.3) is 0 Å². The molecule has 3 rings (SSSR count). The molecule has 1 aliphatic heterocycles. The summed E-state index contributed by atoms with van der Waals surface area (Å²) in [7, 11) is 0. The molecule has 0 radical (unpaired) electrons. The fourth-order valence-electron chi connectivity index (χ4n) is 2.90. The first-order chi connectivity index (χ1) is 12.7. The van der Waals surface area contributed by atoms with Crippen LogP contribution >= 0.6 is 11.3 Å². The number of benzene rings is 1. The molecule has 26 heavy (non-hydrogen) atoms.